The van der Waals surface area contributed by atoms with Gasteiger partial charge in [0.25, 0.3) is 0 Å². The van der Waals surface area contributed by atoms with Crippen LogP contribution in [0.2, 0.25) is 0 Å². The topological polar surface area (TPSA) is 26.3 Å². The van der Waals surface area contributed by atoms with E-state index < -0.39 is 0 Å². The normalized spacial score (nSPS) is 11.2. The summed E-state index contributed by atoms with van der Waals surface area (Å²) < 4.78 is 5.76. The van der Waals surface area contributed by atoms with Crippen molar-refractivity contribution in [3.05, 3.63) is 65.2 Å². The zero-order valence-corrected chi connectivity index (χ0v) is 13.1. The fraction of sp³-hybridized carbons (Fsp3) is 0.316. The lowest BCUT2D eigenvalue weighted by atomic mass is 9.86. The molecule has 2 rings (SSSR count). The summed E-state index contributed by atoms with van der Waals surface area (Å²) in [6, 6.07) is 15.5. The number of hydrogen-bond donors (Lipinski definition) is 0. The second kappa shape index (κ2) is 6.13. The van der Waals surface area contributed by atoms with E-state index >= 15 is 0 Å². The first-order valence-electron chi connectivity index (χ1n) is 7.20. The second-order valence-electron chi connectivity index (χ2n) is 6.32. The summed E-state index contributed by atoms with van der Waals surface area (Å²) in [5.41, 5.74) is 2.94. The maximum atomic E-state index is 12.2. The maximum absolute atomic E-state index is 12.2. The van der Waals surface area contributed by atoms with Gasteiger partial charge in [0.1, 0.15) is 5.75 Å². The van der Waals surface area contributed by atoms with E-state index in [-0.39, 0.29) is 17.8 Å². The van der Waals surface area contributed by atoms with E-state index in [1.54, 1.807) is 0 Å². The predicted molar refractivity (Wildman–Crippen MR) is 86.1 cm³/mol. The number of aryl methyl sites for hydroxylation is 1. The number of Topliss-reactive ketones (excluding diaryl/α,β-unsaturated/α-hetero) is 1. The van der Waals surface area contributed by atoms with Gasteiger partial charge in [-0.1, -0.05) is 68.8 Å². The average Bonchev–Trinajstić information content (AvgIpc) is 2.45. The molecule has 21 heavy (non-hydrogen) atoms. The fourth-order valence-electron chi connectivity index (χ4n) is 2.18. The highest BCUT2D eigenvalue weighted by Crippen LogP contribution is 2.30. The van der Waals surface area contributed by atoms with Crippen molar-refractivity contribution < 1.29 is 9.53 Å². The largest absolute Gasteiger partial charge is 0.485 e. The molecule has 2 nitrogen and oxygen atoms in total. The lowest BCUT2D eigenvalue weighted by Crippen LogP contribution is -2.16. The summed E-state index contributed by atoms with van der Waals surface area (Å²) in [6.45, 7) is 8.48. The van der Waals surface area contributed by atoms with Gasteiger partial charge < -0.3 is 4.74 Å². The molecule has 0 radical (unpaired) electrons. The lowest BCUT2D eigenvalue weighted by Gasteiger charge is -2.22. The zero-order valence-electron chi connectivity index (χ0n) is 13.1. The van der Waals surface area contributed by atoms with E-state index in [1.807, 2.05) is 55.5 Å². The molecule has 110 valence electrons. The SMILES string of the molecule is Cc1ccc(C(=O)COc2ccccc2C(C)(C)C)cc1. The van der Waals surface area contributed by atoms with E-state index in [0.717, 1.165) is 16.9 Å². The van der Waals surface area contributed by atoms with Gasteiger partial charge in [0, 0.05) is 5.56 Å². The average molecular weight is 282 g/mol. The third kappa shape index (κ3) is 3.94. The number of rotatable bonds is 4. The van der Waals surface area contributed by atoms with Gasteiger partial charge in [-0.2, -0.15) is 0 Å². The molecule has 0 saturated heterocycles. The first kappa shape index (κ1) is 15.3. The monoisotopic (exact) mass is 282 g/mol. The Kier molecular flexibility index (Phi) is 4.46. The Morgan fingerprint density at radius 2 is 1.62 bits per heavy atom. The lowest BCUT2D eigenvalue weighted by molar-refractivity contribution is 0.0920. The summed E-state index contributed by atoms with van der Waals surface area (Å²) in [6.07, 6.45) is 0. The molecule has 0 aliphatic carbocycles. The van der Waals surface area contributed by atoms with Gasteiger partial charge in [0.15, 0.2) is 12.4 Å². The van der Waals surface area contributed by atoms with E-state index in [0.29, 0.717) is 5.56 Å². The zero-order chi connectivity index (χ0) is 15.5. The van der Waals surface area contributed by atoms with Gasteiger partial charge in [-0.05, 0) is 24.0 Å². The van der Waals surface area contributed by atoms with Crippen LogP contribution in [0.5, 0.6) is 5.75 Å². The van der Waals surface area contributed by atoms with Crippen LogP contribution in [0.1, 0.15) is 42.3 Å². The van der Waals surface area contributed by atoms with Crippen molar-refractivity contribution in [1.82, 2.24) is 0 Å². The quantitative estimate of drug-likeness (QED) is 0.769. The number of benzene rings is 2. The highest BCUT2D eigenvalue weighted by molar-refractivity contribution is 5.97. The van der Waals surface area contributed by atoms with E-state index in [2.05, 4.69) is 20.8 Å². The van der Waals surface area contributed by atoms with Crippen molar-refractivity contribution in [2.45, 2.75) is 33.1 Å². The molecule has 0 aromatic heterocycles. The summed E-state index contributed by atoms with van der Waals surface area (Å²) in [4.78, 5) is 12.2. The van der Waals surface area contributed by atoms with Crippen molar-refractivity contribution in [1.29, 1.82) is 0 Å². The summed E-state index contributed by atoms with van der Waals surface area (Å²) in [5.74, 6) is 0.782. The van der Waals surface area contributed by atoms with Crippen molar-refractivity contribution >= 4 is 5.78 Å². The van der Waals surface area contributed by atoms with Gasteiger partial charge in [0.05, 0.1) is 0 Å². The van der Waals surface area contributed by atoms with Crippen LogP contribution >= 0.6 is 0 Å². The molecule has 0 unspecified atom stereocenters. The smallest absolute Gasteiger partial charge is 0.200 e. The molecule has 0 N–H and O–H groups in total. The first-order valence-corrected chi connectivity index (χ1v) is 7.20. The summed E-state index contributed by atoms with van der Waals surface area (Å²) >= 11 is 0. The maximum Gasteiger partial charge on any atom is 0.200 e. The Labute approximate surface area is 126 Å². The molecule has 0 fully saturated rings. The predicted octanol–water partition coefficient (Wildman–Crippen LogP) is 4.55. The van der Waals surface area contributed by atoms with Gasteiger partial charge in [-0.25, -0.2) is 0 Å². The molecule has 2 aromatic carbocycles. The number of carbonyl (C=O) groups is 1. The molecule has 0 aliphatic rings. The Balaban J connectivity index is 2.10. The Morgan fingerprint density at radius 1 is 1.00 bits per heavy atom. The molecule has 0 heterocycles. The third-order valence-electron chi connectivity index (χ3n) is 3.43. The van der Waals surface area contributed by atoms with E-state index in [4.69, 9.17) is 4.74 Å². The molecule has 0 spiro atoms. The van der Waals surface area contributed by atoms with Crippen LogP contribution in [-0.2, 0) is 5.41 Å². The van der Waals surface area contributed by atoms with Crippen LogP contribution in [0.25, 0.3) is 0 Å². The molecule has 0 saturated carbocycles. The highest BCUT2D eigenvalue weighted by atomic mass is 16.5. The van der Waals surface area contributed by atoms with Crippen molar-refractivity contribution in [3.8, 4) is 5.75 Å². The minimum absolute atomic E-state index is 0.00119. The molecule has 0 amide bonds. The van der Waals surface area contributed by atoms with Crippen molar-refractivity contribution in [2.24, 2.45) is 0 Å². The third-order valence-corrected chi connectivity index (χ3v) is 3.43. The van der Waals surface area contributed by atoms with Crippen LogP contribution < -0.4 is 4.74 Å². The molecule has 0 aliphatic heterocycles. The first-order chi connectivity index (χ1) is 9.88. The van der Waals surface area contributed by atoms with E-state index in [1.165, 1.54) is 0 Å². The van der Waals surface area contributed by atoms with Gasteiger partial charge >= 0.3 is 0 Å². The fourth-order valence-corrected chi connectivity index (χ4v) is 2.18. The Hall–Kier alpha value is -2.09. The van der Waals surface area contributed by atoms with E-state index in [9.17, 15) is 4.79 Å². The molecule has 2 aromatic rings. The molecule has 0 atom stereocenters. The number of para-hydroxylation sites is 1. The van der Waals surface area contributed by atoms with Crippen LogP contribution in [-0.4, -0.2) is 12.4 Å². The van der Waals surface area contributed by atoms with Crippen molar-refractivity contribution in [2.75, 3.05) is 6.61 Å². The molecule has 0 bridgehead atoms. The standard InChI is InChI=1S/C19H22O2/c1-14-9-11-15(12-10-14)17(20)13-21-18-8-6-5-7-16(18)19(2,3)4/h5-12H,13H2,1-4H3. The number of carbonyl (C=O) groups excluding carboxylic acids is 1. The van der Waals surface area contributed by atoms with Gasteiger partial charge in [0.2, 0.25) is 0 Å². The summed E-state index contributed by atoms with van der Waals surface area (Å²) in [5, 5.41) is 0. The van der Waals surface area contributed by atoms with Crippen LogP contribution in [0.4, 0.5) is 0 Å². The molecule has 2 heteroatoms. The minimum atomic E-state index is -0.0104. The van der Waals surface area contributed by atoms with Crippen molar-refractivity contribution in [3.63, 3.8) is 0 Å². The van der Waals surface area contributed by atoms with Crippen LogP contribution in [0.3, 0.4) is 0 Å². The van der Waals surface area contributed by atoms with Gasteiger partial charge in [-0.15, -0.1) is 0 Å². The minimum Gasteiger partial charge on any atom is -0.485 e. The molecular formula is C19H22O2. The number of ether oxygens (including phenoxy) is 1. The Bertz CT molecular complexity index is 619. The second-order valence-corrected chi connectivity index (χ2v) is 6.32. The highest BCUT2D eigenvalue weighted by Gasteiger charge is 2.19. The summed E-state index contributed by atoms with van der Waals surface area (Å²) in [7, 11) is 0. The Morgan fingerprint density at radius 3 is 2.24 bits per heavy atom. The van der Waals surface area contributed by atoms with Gasteiger partial charge in [-0.3, -0.25) is 4.79 Å². The molecular weight excluding hydrogens is 260 g/mol. The van der Waals surface area contributed by atoms with Crippen LogP contribution in [0, 0.1) is 6.92 Å². The van der Waals surface area contributed by atoms with Crippen LogP contribution in [0.15, 0.2) is 48.5 Å². The number of hydrogen-bond acceptors (Lipinski definition) is 2. The number of ketones is 1.